The molecule has 80 valence electrons. The summed E-state index contributed by atoms with van der Waals surface area (Å²) in [6.45, 7) is 2.08. The van der Waals surface area contributed by atoms with Crippen LogP contribution in [0.15, 0.2) is 36.6 Å². The maximum Gasteiger partial charge on any atom is 0.333 e. The summed E-state index contributed by atoms with van der Waals surface area (Å²) in [4.78, 5) is 10.9. The van der Waals surface area contributed by atoms with Gasteiger partial charge in [-0.3, -0.25) is 0 Å². The van der Waals surface area contributed by atoms with Gasteiger partial charge >= 0.3 is 5.97 Å². The first-order valence-corrected chi connectivity index (χ1v) is 4.58. The Kier molecular flexibility index (Phi) is 4.22. The van der Waals surface area contributed by atoms with E-state index in [1.807, 2.05) is 0 Å². The van der Waals surface area contributed by atoms with Gasteiger partial charge in [-0.05, 0) is 19.1 Å². The molecule has 15 heavy (non-hydrogen) atoms. The molecule has 4 heteroatoms. The molecule has 0 saturated carbocycles. The van der Waals surface area contributed by atoms with Gasteiger partial charge in [-0.2, -0.15) is 0 Å². The lowest BCUT2D eigenvalue weighted by molar-refractivity contribution is -0.137. The van der Waals surface area contributed by atoms with E-state index in [1.165, 1.54) is 12.3 Å². The molecule has 0 unspecified atom stereocenters. The summed E-state index contributed by atoms with van der Waals surface area (Å²) < 4.78 is 9.82. The molecule has 0 bridgehead atoms. The van der Waals surface area contributed by atoms with Crippen molar-refractivity contribution >= 4 is 11.7 Å². The molecule has 0 aliphatic rings. The summed E-state index contributed by atoms with van der Waals surface area (Å²) in [5.41, 5.74) is 6.14. The van der Waals surface area contributed by atoms with Crippen molar-refractivity contribution in [2.75, 3.05) is 12.3 Å². The first kappa shape index (κ1) is 11.1. The maximum absolute atomic E-state index is 10.9. The lowest BCUT2D eigenvalue weighted by Crippen LogP contribution is -2.00. The van der Waals surface area contributed by atoms with E-state index < -0.39 is 5.97 Å². The highest BCUT2D eigenvalue weighted by Gasteiger charge is 1.97. The summed E-state index contributed by atoms with van der Waals surface area (Å²) in [6.07, 6.45) is 2.46. The Morgan fingerprint density at radius 2 is 2.20 bits per heavy atom. The van der Waals surface area contributed by atoms with Crippen molar-refractivity contribution in [1.82, 2.24) is 0 Å². The van der Waals surface area contributed by atoms with Crippen LogP contribution in [0.4, 0.5) is 5.69 Å². The third-order valence-corrected chi connectivity index (χ3v) is 1.60. The molecule has 0 amide bonds. The highest BCUT2D eigenvalue weighted by Crippen LogP contribution is 2.19. The van der Waals surface area contributed by atoms with Crippen molar-refractivity contribution in [3.8, 4) is 5.75 Å². The molecule has 0 spiro atoms. The second-order valence-corrected chi connectivity index (χ2v) is 2.71. The molecule has 4 nitrogen and oxygen atoms in total. The minimum absolute atomic E-state index is 0.344. The molecule has 0 aliphatic carbocycles. The molecule has 0 heterocycles. The average molecular weight is 207 g/mol. The van der Waals surface area contributed by atoms with Crippen LogP contribution in [-0.2, 0) is 9.53 Å². The third kappa shape index (κ3) is 3.72. The average Bonchev–Trinajstić information content (AvgIpc) is 2.21. The second-order valence-electron chi connectivity index (χ2n) is 2.71. The van der Waals surface area contributed by atoms with Crippen molar-refractivity contribution in [1.29, 1.82) is 0 Å². The van der Waals surface area contributed by atoms with Gasteiger partial charge in [0.1, 0.15) is 5.75 Å². The van der Waals surface area contributed by atoms with Crippen LogP contribution in [0.1, 0.15) is 6.92 Å². The standard InChI is InChI=1S/C11H13NO3/c1-2-14-11(13)7-8-15-10-6-4-3-5-9(10)12/h3-8H,2,12H2,1H3. The zero-order valence-electron chi connectivity index (χ0n) is 8.47. The summed E-state index contributed by atoms with van der Waals surface area (Å²) in [7, 11) is 0. The molecule has 0 aliphatic heterocycles. The first-order valence-electron chi connectivity index (χ1n) is 4.58. The Morgan fingerprint density at radius 1 is 1.47 bits per heavy atom. The highest BCUT2D eigenvalue weighted by molar-refractivity contribution is 5.81. The lowest BCUT2D eigenvalue weighted by Gasteiger charge is -2.02. The van der Waals surface area contributed by atoms with E-state index in [1.54, 1.807) is 31.2 Å². The van der Waals surface area contributed by atoms with Crippen molar-refractivity contribution in [2.45, 2.75) is 6.92 Å². The van der Waals surface area contributed by atoms with Gasteiger partial charge in [0, 0.05) is 0 Å². The molecule has 0 saturated heterocycles. The number of carbonyl (C=O) groups is 1. The van der Waals surface area contributed by atoms with Gasteiger partial charge in [-0.25, -0.2) is 4.79 Å². The SMILES string of the molecule is CCOC(=O)C=COc1ccccc1N. The van der Waals surface area contributed by atoms with E-state index in [9.17, 15) is 4.79 Å². The quantitative estimate of drug-likeness (QED) is 0.353. The van der Waals surface area contributed by atoms with Gasteiger partial charge in [0.2, 0.25) is 0 Å². The molecular weight excluding hydrogens is 194 g/mol. The minimum atomic E-state index is -0.438. The lowest BCUT2D eigenvalue weighted by atomic mass is 10.3. The van der Waals surface area contributed by atoms with Crippen molar-refractivity contribution in [2.24, 2.45) is 0 Å². The third-order valence-electron chi connectivity index (χ3n) is 1.60. The van der Waals surface area contributed by atoms with Gasteiger partial charge in [-0.15, -0.1) is 0 Å². The van der Waals surface area contributed by atoms with Gasteiger partial charge in [0.05, 0.1) is 24.6 Å². The normalized spacial score (nSPS) is 10.2. The Hall–Kier alpha value is -1.97. The number of anilines is 1. The summed E-state index contributed by atoms with van der Waals surface area (Å²) in [5.74, 6) is 0.0741. The number of carbonyl (C=O) groups excluding carboxylic acids is 1. The minimum Gasteiger partial charge on any atom is -0.463 e. The van der Waals surface area contributed by atoms with Crippen LogP contribution in [0.3, 0.4) is 0 Å². The van der Waals surface area contributed by atoms with Crippen LogP contribution in [0.2, 0.25) is 0 Å². The van der Waals surface area contributed by atoms with Crippen LogP contribution in [0.25, 0.3) is 0 Å². The molecule has 0 radical (unpaired) electrons. The van der Waals surface area contributed by atoms with Crippen molar-refractivity contribution in [3.63, 3.8) is 0 Å². The molecule has 0 atom stereocenters. The Labute approximate surface area is 88.3 Å². The van der Waals surface area contributed by atoms with E-state index >= 15 is 0 Å². The summed E-state index contributed by atoms with van der Waals surface area (Å²) in [5, 5.41) is 0. The molecule has 0 fully saturated rings. The van der Waals surface area contributed by atoms with Crippen LogP contribution < -0.4 is 10.5 Å². The van der Waals surface area contributed by atoms with Gasteiger partial charge in [0.15, 0.2) is 0 Å². The van der Waals surface area contributed by atoms with Gasteiger partial charge in [0.25, 0.3) is 0 Å². The Bertz CT molecular complexity index is 361. The Balaban J connectivity index is 2.50. The van der Waals surface area contributed by atoms with E-state index in [-0.39, 0.29) is 0 Å². The van der Waals surface area contributed by atoms with E-state index in [4.69, 9.17) is 10.5 Å². The largest absolute Gasteiger partial charge is 0.463 e. The zero-order valence-corrected chi connectivity index (χ0v) is 8.47. The van der Waals surface area contributed by atoms with Crippen LogP contribution in [0, 0.1) is 0 Å². The summed E-state index contributed by atoms with van der Waals surface area (Å²) in [6, 6.07) is 7.03. The monoisotopic (exact) mass is 207 g/mol. The number of hydrogen-bond donors (Lipinski definition) is 1. The second kappa shape index (κ2) is 5.70. The van der Waals surface area contributed by atoms with Crippen LogP contribution >= 0.6 is 0 Å². The maximum atomic E-state index is 10.9. The smallest absolute Gasteiger partial charge is 0.333 e. The molecule has 1 rings (SSSR count). The molecule has 1 aromatic carbocycles. The van der Waals surface area contributed by atoms with Crippen molar-refractivity contribution < 1.29 is 14.3 Å². The predicted molar refractivity (Wildman–Crippen MR) is 57.3 cm³/mol. The number of nitrogens with two attached hydrogens (primary N) is 1. The fourth-order valence-corrected chi connectivity index (χ4v) is 0.941. The molecule has 1 aromatic rings. The highest BCUT2D eigenvalue weighted by atomic mass is 16.5. The van der Waals surface area contributed by atoms with Gasteiger partial charge < -0.3 is 15.2 Å². The number of hydrogen-bond acceptors (Lipinski definition) is 4. The Morgan fingerprint density at radius 3 is 2.87 bits per heavy atom. The van der Waals surface area contributed by atoms with Gasteiger partial charge in [-0.1, -0.05) is 12.1 Å². The number of ether oxygens (including phenoxy) is 2. The number of esters is 1. The number of benzene rings is 1. The molecule has 2 N–H and O–H groups in total. The number of para-hydroxylation sites is 2. The van der Waals surface area contributed by atoms with Crippen molar-refractivity contribution in [3.05, 3.63) is 36.6 Å². The topological polar surface area (TPSA) is 61.5 Å². The fraction of sp³-hybridized carbons (Fsp3) is 0.182. The first-order chi connectivity index (χ1) is 7.24. The van der Waals surface area contributed by atoms with E-state index in [0.29, 0.717) is 18.0 Å². The number of nitrogen functional groups attached to an aromatic ring is 1. The predicted octanol–water partition coefficient (Wildman–Crippen LogP) is 1.72. The molecular formula is C11H13NO3. The zero-order chi connectivity index (χ0) is 11.1. The number of rotatable bonds is 4. The molecule has 0 aromatic heterocycles. The van der Waals surface area contributed by atoms with E-state index in [2.05, 4.69) is 4.74 Å². The summed E-state index contributed by atoms with van der Waals surface area (Å²) >= 11 is 0. The van der Waals surface area contributed by atoms with Crippen LogP contribution in [0.5, 0.6) is 5.75 Å². The van der Waals surface area contributed by atoms with E-state index in [0.717, 1.165) is 0 Å². The fourth-order valence-electron chi connectivity index (χ4n) is 0.941. The van der Waals surface area contributed by atoms with Crippen LogP contribution in [-0.4, -0.2) is 12.6 Å².